The number of amides is 2. The van der Waals surface area contributed by atoms with Gasteiger partial charge in [-0.3, -0.25) is 9.59 Å². The second-order valence-electron chi connectivity index (χ2n) is 7.58. The van der Waals surface area contributed by atoms with E-state index in [9.17, 15) is 9.59 Å². The number of carbonyl (C=O) groups is 2. The summed E-state index contributed by atoms with van der Waals surface area (Å²) in [6.45, 7) is 3.97. The van der Waals surface area contributed by atoms with Crippen molar-refractivity contribution in [2.24, 2.45) is 0 Å². The number of aromatic nitrogens is 1. The number of rotatable bonds is 7. The molecular formula is C26H24N4O2S. The Hall–Kier alpha value is -3.97. The van der Waals surface area contributed by atoms with Crippen molar-refractivity contribution in [3.8, 4) is 11.3 Å². The van der Waals surface area contributed by atoms with Gasteiger partial charge in [-0.15, -0.1) is 11.3 Å². The van der Waals surface area contributed by atoms with E-state index in [1.165, 1.54) is 0 Å². The van der Waals surface area contributed by atoms with E-state index in [1.807, 2.05) is 79.9 Å². The van der Waals surface area contributed by atoms with Gasteiger partial charge >= 0.3 is 0 Å². The van der Waals surface area contributed by atoms with Crippen LogP contribution in [0.4, 0.5) is 17.1 Å². The van der Waals surface area contributed by atoms with Crippen LogP contribution in [0.15, 0.2) is 78.2 Å². The summed E-state index contributed by atoms with van der Waals surface area (Å²) in [5.41, 5.74) is 5.48. The summed E-state index contributed by atoms with van der Waals surface area (Å²) in [5, 5.41) is 11.9. The van der Waals surface area contributed by atoms with Gasteiger partial charge in [-0.2, -0.15) is 0 Å². The van der Waals surface area contributed by atoms with Crippen molar-refractivity contribution in [1.29, 1.82) is 0 Å². The highest BCUT2D eigenvalue weighted by atomic mass is 32.1. The minimum atomic E-state index is -0.206. The fraction of sp³-hybridized carbons (Fsp3) is 0.115. The molecule has 2 amide bonds. The Morgan fingerprint density at radius 3 is 2.42 bits per heavy atom. The molecule has 0 radical (unpaired) electrons. The molecule has 3 aromatic carbocycles. The molecule has 166 valence electrons. The largest absolute Gasteiger partial charge is 0.376 e. The van der Waals surface area contributed by atoms with Crippen LogP contribution in [0.25, 0.3) is 11.3 Å². The second-order valence-corrected chi connectivity index (χ2v) is 8.65. The fourth-order valence-corrected chi connectivity index (χ4v) is 3.93. The van der Waals surface area contributed by atoms with Gasteiger partial charge in [0, 0.05) is 33.6 Å². The molecule has 4 aromatic rings. The number of hydrogen-bond donors (Lipinski definition) is 3. The molecule has 0 saturated heterocycles. The van der Waals surface area contributed by atoms with Gasteiger partial charge in [0.25, 0.3) is 5.91 Å². The minimum Gasteiger partial charge on any atom is -0.376 e. The first-order valence-corrected chi connectivity index (χ1v) is 11.4. The maximum atomic E-state index is 12.6. The number of thiazole rings is 1. The van der Waals surface area contributed by atoms with Gasteiger partial charge in [-0.1, -0.05) is 36.4 Å². The van der Waals surface area contributed by atoms with Crippen LogP contribution >= 0.6 is 11.3 Å². The smallest absolute Gasteiger partial charge is 0.255 e. The summed E-state index contributed by atoms with van der Waals surface area (Å²) in [6, 6.07) is 22.3. The maximum absolute atomic E-state index is 12.6. The number of carbonyl (C=O) groups excluding carboxylic acids is 2. The van der Waals surface area contributed by atoms with Crippen LogP contribution in [-0.4, -0.2) is 23.3 Å². The lowest BCUT2D eigenvalue weighted by molar-refractivity contribution is -0.114. The summed E-state index contributed by atoms with van der Waals surface area (Å²) in [7, 11) is 0. The van der Waals surface area contributed by atoms with Gasteiger partial charge in [0.15, 0.2) is 0 Å². The van der Waals surface area contributed by atoms with Crippen molar-refractivity contribution in [3.05, 3.63) is 94.3 Å². The number of para-hydroxylation sites is 1. The minimum absolute atomic E-state index is 0.0740. The summed E-state index contributed by atoms with van der Waals surface area (Å²) in [6.07, 6.45) is 0. The molecule has 0 fully saturated rings. The van der Waals surface area contributed by atoms with Gasteiger partial charge in [-0.05, 0) is 55.8 Å². The van der Waals surface area contributed by atoms with Crippen molar-refractivity contribution in [2.45, 2.75) is 13.8 Å². The highest BCUT2D eigenvalue weighted by Crippen LogP contribution is 2.24. The zero-order chi connectivity index (χ0) is 23.2. The topological polar surface area (TPSA) is 83.1 Å². The molecule has 0 aliphatic rings. The van der Waals surface area contributed by atoms with Crippen molar-refractivity contribution >= 4 is 40.2 Å². The molecule has 0 aliphatic carbocycles. The third-order valence-electron chi connectivity index (χ3n) is 5.03. The number of nitrogens with one attached hydrogen (secondary N) is 3. The molecular weight excluding hydrogens is 432 g/mol. The molecule has 33 heavy (non-hydrogen) atoms. The van der Waals surface area contributed by atoms with Gasteiger partial charge in [0.1, 0.15) is 0 Å². The van der Waals surface area contributed by atoms with Crippen LogP contribution in [0.1, 0.15) is 20.9 Å². The molecule has 0 bridgehead atoms. The highest BCUT2D eigenvalue weighted by Gasteiger charge is 2.10. The molecule has 6 nitrogen and oxygen atoms in total. The average Bonchev–Trinajstić information content (AvgIpc) is 3.25. The maximum Gasteiger partial charge on any atom is 0.255 e. The number of hydrogen-bond acceptors (Lipinski definition) is 5. The van der Waals surface area contributed by atoms with Crippen molar-refractivity contribution in [2.75, 3.05) is 22.5 Å². The Morgan fingerprint density at radius 1 is 0.879 bits per heavy atom. The lowest BCUT2D eigenvalue weighted by Gasteiger charge is -2.12. The Labute approximate surface area is 196 Å². The van der Waals surface area contributed by atoms with E-state index in [1.54, 1.807) is 23.5 Å². The van der Waals surface area contributed by atoms with Gasteiger partial charge in [-0.25, -0.2) is 4.98 Å². The molecule has 0 unspecified atom stereocenters. The summed E-state index contributed by atoms with van der Waals surface area (Å²) in [5.74, 6) is -0.386. The number of nitrogens with zero attached hydrogens (tertiary/aromatic N) is 1. The number of anilines is 3. The molecule has 0 spiro atoms. The monoisotopic (exact) mass is 456 g/mol. The summed E-state index contributed by atoms with van der Waals surface area (Å²) >= 11 is 1.59. The fourth-order valence-electron chi connectivity index (χ4n) is 3.31. The van der Waals surface area contributed by atoms with Crippen molar-refractivity contribution < 1.29 is 9.59 Å². The van der Waals surface area contributed by atoms with Crippen LogP contribution < -0.4 is 16.0 Å². The molecule has 7 heteroatoms. The van der Waals surface area contributed by atoms with Crippen molar-refractivity contribution in [1.82, 2.24) is 4.98 Å². The SMILES string of the molecule is Cc1nc(-c2cccc(NC(=O)CNc3cc(C(=O)Nc4ccccc4)ccc3C)c2)cs1. The molecule has 1 aromatic heterocycles. The lowest BCUT2D eigenvalue weighted by Crippen LogP contribution is -2.22. The quantitative estimate of drug-likeness (QED) is 0.332. The Balaban J connectivity index is 1.38. The van der Waals surface area contributed by atoms with Crippen LogP contribution in [0, 0.1) is 13.8 Å². The van der Waals surface area contributed by atoms with Gasteiger partial charge in [0.2, 0.25) is 5.91 Å². The highest BCUT2D eigenvalue weighted by molar-refractivity contribution is 7.09. The van der Waals surface area contributed by atoms with Crippen LogP contribution in [0.2, 0.25) is 0 Å². The zero-order valence-electron chi connectivity index (χ0n) is 18.4. The molecule has 0 atom stereocenters. The molecule has 3 N–H and O–H groups in total. The van der Waals surface area contributed by atoms with E-state index in [4.69, 9.17) is 0 Å². The molecule has 4 rings (SSSR count). The first-order valence-electron chi connectivity index (χ1n) is 10.5. The average molecular weight is 457 g/mol. The first kappa shape index (κ1) is 22.2. The summed E-state index contributed by atoms with van der Waals surface area (Å²) < 4.78 is 0. The first-order chi connectivity index (χ1) is 16.0. The van der Waals surface area contributed by atoms with Crippen LogP contribution in [0.5, 0.6) is 0 Å². The standard InChI is InChI=1S/C26H24N4O2S/c1-17-11-12-20(26(32)30-21-8-4-3-5-9-21)14-23(17)27-15-25(31)29-22-10-6-7-19(13-22)24-16-33-18(2)28-24/h3-14,16,27H,15H2,1-2H3,(H,29,31)(H,30,32). The van der Waals surface area contributed by atoms with E-state index in [2.05, 4.69) is 20.9 Å². The van der Waals surface area contributed by atoms with E-state index in [0.717, 1.165) is 33.2 Å². The zero-order valence-corrected chi connectivity index (χ0v) is 19.2. The second kappa shape index (κ2) is 10.1. The van der Waals surface area contributed by atoms with E-state index < -0.39 is 0 Å². The molecule has 1 heterocycles. The van der Waals surface area contributed by atoms with Crippen LogP contribution in [-0.2, 0) is 4.79 Å². The Morgan fingerprint density at radius 2 is 1.67 bits per heavy atom. The van der Waals surface area contributed by atoms with Gasteiger partial charge in [0.05, 0.1) is 17.2 Å². The normalized spacial score (nSPS) is 10.5. The van der Waals surface area contributed by atoms with Gasteiger partial charge < -0.3 is 16.0 Å². The Bertz CT molecular complexity index is 1280. The van der Waals surface area contributed by atoms with Crippen LogP contribution in [0.3, 0.4) is 0 Å². The third kappa shape index (κ3) is 5.84. The van der Waals surface area contributed by atoms with E-state index in [0.29, 0.717) is 11.3 Å². The van der Waals surface area contributed by atoms with E-state index >= 15 is 0 Å². The lowest BCUT2D eigenvalue weighted by atomic mass is 10.1. The van der Waals surface area contributed by atoms with Crippen molar-refractivity contribution in [3.63, 3.8) is 0 Å². The van der Waals surface area contributed by atoms with E-state index in [-0.39, 0.29) is 18.4 Å². The Kier molecular flexibility index (Phi) is 6.80. The predicted molar refractivity (Wildman–Crippen MR) is 135 cm³/mol. The number of aryl methyl sites for hydroxylation is 2. The summed E-state index contributed by atoms with van der Waals surface area (Å²) in [4.78, 5) is 29.6. The predicted octanol–water partition coefficient (Wildman–Crippen LogP) is 5.73. The number of benzene rings is 3. The molecule has 0 aliphatic heterocycles. The molecule has 0 saturated carbocycles. The third-order valence-corrected chi connectivity index (χ3v) is 5.81.